The Morgan fingerprint density at radius 1 is 1.50 bits per heavy atom. The van der Waals surface area contributed by atoms with Crippen LogP contribution in [0.15, 0.2) is 30.6 Å². The molecule has 0 radical (unpaired) electrons. The summed E-state index contributed by atoms with van der Waals surface area (Å²) in [5.41, 5.74) is 0.217. The third kappa shape index (κ3) is 2.20. The van der Waals surface area contributed by atoms with Crippen molar-refractivity contribution in [2.75, 3.05) is 0 Å². The number of ether oxygens (including phenoxy) is 1. The van der Waals surface area contributed by atoms with E-state index in [-0.39, 0.29) is 16.6 Å². The third-order valence-corrected chi connectivity index (χ3v) is 2.17. The minimum Gasteiger partial charge on any atom is -0.402 e. The van der Waals surface area contributed by atoms with Crippen molar-refractivity contribution < 1.29 is 9.53 Å². The molecular weight excluding hydrogens is 230 g/mol. The van der Waals surface area contributed by atoms with Crippen molar-refractivity contribution in [2.45, 2.75) is 0 Å². The number of aromatic nitrogens is 3. The van der Waals surface area contributed by atoms with Crippen LogP contribution < -0.4 is 4.74 Å². The Morgan fingerprint density at radius 3 is 2.94 bits per heavy atom. The molecule has 2 heterocycles. The minimum absolute atomic E-state index is 0.114. The van der Waals surface area contributed by atoms with Crippen LogP contribution >= 0.6 is 11.6 Å². The van der Waals surface area contributed by atoms with Gasteiger partial charge in [-0.15, -0.1) is 5.10 Å². The van der Waals surface area contributed by atoms with E-state index in [0.29, 0.717) is 0 Å². The number of carbonyl (C=O) groups excluding carboxylic acids is 1. The normalized spacial score (nSPS) is 10.1. The third-order valence-electron chi connectivity index (χ3n) is 1.87. The lowest BCUT2D eigenvalue weighted by Gasteiger charge is -2.01. The molecule has 0 unspecified atom stereocenters. The van der Waals surface area contributed by atoms with Crippen LogP contribution in [0, 0.1) is 0 Å². The SMILES string of the molecule is Cn1ccc(OC(=O)c2cccnc2Cl)n1. The molecule has 0 aliphatic heterocycles. The molecule has 2 rings (SSSR count). The van der Waals surface area contributed by atoms with Gasteiger partial charge in [0.05, 0.1) is 5.56 Å². The van der Waals surface area contributed by atoms with Gasteiger partial charge in [-0.2, -0.15) is 0 Å². The van der Waals surface area contributed by atoms with Crippen LogP contribution in [-0.2, 0) is 7.05 Å². The first-order chi connectivity index (χ1) is 7.66. The lowest BCUT2D eigenvalue weighted by molar-refractivity contribution is 0.0726. The average molecular weight is 238 g/mol. The Kier molecular flexibility index (Phi) is 2.87. The van der Waals surface area contributed by atoms with E-state index in [4.69, 9.17) is 16.3 Å². The van der Waals surface area contributed by atoms with Crippen LogP contribution in [0.1, 0.15) is 10.4 Å². The van der Waals surface area contributed by atoms with E-state index in [1.807, 2.05) is 0 Å². The number of pyridine rings is 1. The average Bonchev–Trinajstić information content (AvgIpc) is 2.64. The van der Waals surface area contributed by atoms with Gasteiger partial charge >= 0.3 is 5.97 Å². The Hall–Kier alpha value is -1.88. The molecule has 82 valence electrons. The maximum Gasteiger partial charge on any atom is 0.348 e. The Balaban J connectivity index is 2.18. The van der Waals surface area contributed by atoms with E-state index in [1.54, 1.807) is 31.4 Å². The van der Waals surface area contributed by atoms with Crippen molar-refractivity contribution in [2.24, 2.45) is 7.05 Å². The van der Waals surface area contributed by atoms with Crippen molar-refractivity contribution in [1.29, 1.82) is 0 Å². The number of esters is 1. The lowest BCUT2D eigenvalue weighted by atomic mass is 10.3. The summed E-state index contributed by atoms with van der Waals surface area (Å²) >= 11 is 5.75. The fraction of sp³-hybridized carbons (Fsp3) is 0.100. The summed E-state index contributed by atoms with van der Waals surface area (Å²) in [7, 11) is 1.73. The predicted octanol–water partition coefficient (Wildman–Crippen LogP) is 1.69. The fourth-order valence-electron chi connectivity index (χ4n) is 1.14. The van der Waals surface area contributed by atoms with Crippen molar-refractivity contribution in [3.8, 4) is 5.88 Å². The molecule has 0 amide bonds. The summed E-state index contributed by atoms with van der Waals surface area (Å²) in [5, 5.41) is 4.03. The molecular formula is C10H8ClN3O2. The number of rotatable bonds is 2. The van der Waals surface area contributed by atoms with E-state index < -0.39 is 5.97 Å². The second-order valence-electron chi connectivity index (χ2n) is 3.06. The zero-order valence-corrected chi connectivity index (χ0v) is 9.18. The summed E-state index contributed by atoms with van der Waals surface area (Å²) in [6.07, 6.45) is 3.17. The van der Waals surface area contributed by atoms with E-state index in [0.717, 1.165) is 0 Å². The number of hydrogen-bond donors (Lipinski definition) is 0. The number of aryl methyl sites for hydroxylation is 1. The van der Waals surface area contributed by atoms with Crippen LogP contribution in [0.3, 0.4) is 0 Å². The fourth-order valence-corrected chi connectivity index (χ4v) is 1.33. The van der Waals surface area contributed by atoms with Crippen molar-refractivity contribution >= 4 is 17.6 Å². The molecule has 2 aromatic heterocycles. The lowest BCUT2D eigenvalue weighted by Crippen LogP contribution is -2.10. The highest BCUT2D eigenvalue weighted by molar-refractivity contribution is 6.32. The second-order valence-corrected chi connectivity index (χ2v) is 3.42. The molecule has 0 N–H and O–H groups in total. The molecule has 0 aliphatic rings. The van der Waals surface area contributed by atoms with Crippen LogP contribution in [0.25, 0.3) is 0 Å². The summed E-state index contributed by atoms with van der Waals surface area (Å²) in [5.74, 6) is -0.343. The highest BCUT2D eigenvalue weighted by atomic mass is 35.5. The zero-order chi connectivity index (χ0) is 11.5. The van der Waals surface area contributed by atoms with Crippen LogP contribution in [-0.4, -0.2) is 20.7 Å². The first kappa shape index (κ1) is 10.6. The molecule has 0 atom stereocenters. The van der Waals surface area contributed by atoms with Gasteiger partial charge in [-0.1, -0.05) is 11.6 Å². The topological polar surface area (TPSA) is 57.0 Å². The van der Waals surface area contributed by atoms with E-state index in [1.165, 1.54) is 10.9 Å². The van der Waals surface area contributed by atoms with Crippen molar-refractivity contribution in [3.63, 3.8) is 0 Å². The molecule has 16 heavy (non-hydrogen) atoms. The molecule has 0 saturated heterocycles. The number of halogens is 1. The summed E-state index contributed by atoms with van der Waals surface area (Å²) < 4.78 is 6.54. The predicted molar refractivity (Wildman–Crippen MR) is 57.4 cm³/mol. The van der Waals surface area contributed by atoms with Gasteiger partial charge in [-0.25, -0.2) is 9.78 Å². The van der Waals surface area contributed by atoms with Gasteiger partial charge < -0.3 is 4.74 Å². The molecule has 6 heteroatoms. The standard InChI is InChI=1S/C10H8ClN3O2/c1-14-6-4-8(13-14)16-10(15)7-3-2-5-12-9(7)11/h2-6H,1H3. The van der Waals surface area contributed by atoms with Gasteiger partial charge in [-0.05, 0) is 12.1 Å². The summed E-state index contributed by atoms with van der Waals surface area (Å²) in [4.78, 5) is 15.4. The van der Waals surface area contributed by atoms with E-state index >= 15 is 0 Å². The quantitative estimate of drug-likeness (QED) is 0.589. The summed E-state index contributed by atoms with van der Waals surface area (Å²) in [6.45, 7) is 0. The molecule has 0 spiro atoms. The van der Waals surface area contributed by atoms with Gasteiger partial charge in [0.1, 0.15) is 5.15 Å². The Morgan fingerprint density at radius 2 is 2.31 bits per heavy atom. The van der Waals surface area contributed by atoms with Gasteiger partial charge in [0.15, 0.2) is 0 Å². The maximum atomic E-state index is 11.6. The Labute approximate surface area is 96.6 Å². The van der Waals surface area contributed by atoms with Gasteiger partial charge in [0, 0.05) is 25.5 Å². The van der Waals surface area contributed by atoms with E-state index in [9.17, 15) is 4.79 Å². The number of carbonyl (C=O) groups is 1. The van der Waals surface area contributed by atoms with Crippen LogP contribution in [0.5, 0.6) is 5.88 Å². The van der Waals surface area contributed by atoms with Gasteiger partial charge in [-0.3, -0.25) is 4.68 Å². The molecule has 2 aromatic rings. The highest BCUT2D eigenvalue weighted by Crippen LogP contribution is 2.14. The van der Waals surface area contributed by atoms with Crippen molar-refractivity contribution in [1.82, 2.24) is 14.8 Å². The monoisotopic (exact) mass is 237 g/mol. The number of nitrogens with zero attached hydrogens (tertiary/aromatic N) is 3. The van der Waals surface area contributed by atoms with E-state index in [2.05, 4.69) is 10.1 Å². The minimum atomic E-state index is -0.572. The Bertz CT molecular complexity index is 524. The van der Waals surface area contributed by atoms with Crippen LogP contribution in [0.2, 0.25) is 5.15 Å². The highest BCUT2D eigenvalue weighted by Gasteiger charge is 2.14. The molecule has 0 bridgehead atoms. The van der Waals surface area contributed by atoms with Gasteiger partial charge in [0.25, 0.3) is 0 Å². The first-order valence-corrected chi connectivity index (χ1v) is 4.87. The first-order valence-electron chi connectivity index (χ1n) is 4.49. The second kappa shape index (κ2) is 4.32. The zero-order valence-electron chi connectivity index (χ0n) is 8.42. The molecule has 5 nitrogen and oxygen atoms in total. The molecule has 0 aliphatic carbocycles. The largest absolute Gasteiger partial charge is 0.402 e. The molecule has 0 fully saturated rings. The van der Waals surface area contributed by atoms with Gasteiger partial charge in [0.2, 0.25) is 5.88 Å². The summed E-state index contributed by atoms with van der Waals surface area (Å²) in [6, 6.07) is 4.74. The van der Waals surface area contributed by atoms with Crippen molar-refractivity contribution in [3.05, 3.63) is 41.3 Å². The molecule has 0 saturated carbocycles. The maximum absolute atomic E-state index is 11.6. The van der Waals surface area contributed by atoms with Crippen LogP contribution in [0.4, 0.5) is 0 Å². The number of hydrogen-bond acceptors (Lipinski definition) is 4. The smallest absolute Gasteiger partial charge is 0.348 e. The molecule has 0 aromatic carbocycles.